The van der Waals surface area contributed by atoms with E-state index in [0.29, 0.717) is 35.0 Å². The van der Waals surface area contributed by atoms with Crippen molar-refractivity contribution >= 4 is 68.6 Å². The Bertz CT molecular complexity index is 1390. The van der Waals surface area contributed by atoms with E-state index in [1.54, 1.807) is 29.7 Å². The molecule has 2 atom stereocenters. The van der Waals surface area contributed by atoms with Crippen molar-refractivity contribution in [3.63, 3.8) is 0 Å². The Hall–Kier alpha value is -2.88. The topological polar surface area (TPSA) is 93.5 Å². The molecule has 8 nitrogen and oxygen atoms in total. The summed E-state index contributed by atoms with van der Waals surface area (Å²) in [6.07, 6.45) is 11.0. The van der Waals surface area contributed by atoms with Crippen LogP contribution in [0.5, 0.6) is 0 Å². The zero-order chi connectivity index (χ0) is 27.2. The fourth-order valence-corrected chi connectivity index (χ4v) is 5.87. The number of carbonyl (C=O) groups excluding carboxylic acids is 3. The quantitative estimate of drug-likeness (QED) is 0.297. The second-order valence-electron chi connectivity index (χ2n) is 9.89. The van der Waals surface area contributed by atoms with Gasteiger partial charge in [-0.05, 0) is 56.7 Å². The van der Waals surface area contributed by atoms with Crippen LogP contribution in [0.3, 0.4) is 0 Å². The lowest BCUT2D eigenvalue weighted by Gasteiger charge is -2.30. The van der Waals surface area contributed by atoms with Gasteiger partial charge in [0.25, 0.3) is 11.8 Å². The van der Waals surface area contributed by atoms with Crippen LogP contribution in [-0.4, -0.2) is 39.5 Å². The molecule has 38 heavy (non-hydrogen) atoms. The molecule has 1 saturated carbocycles. The largest absolute Gasteiger partial charge is 0.460 e. The molecule has 1 aromatic heterocycles. The van der Waals surface area contributed by atoms with Crippen LogP contribution in [-0.2, 0) is 19.9 Å². The number of hydrogen-bond donors (Lipinski definition) is 1. The third kappa shape index (κ3) is 4.72. The lowest BCUT2D eigenvalue weighted by atomic mass is 9.84. The van der Waals surface area contributed by atoms with Gasteiger partial charge in [-0.1, -0.05) is 70.0 Å². The van der Waals surface area contributed by atoms with E-state index in [9.17, 15) is 14.4 Å². The van der Waals surface area contributed by atoms with Gasteiger partial charge in [-0.3, -0.25) is 14.2 Å². The predicted octanol–water partition coefficient (Wildman–Crippen LogP) is 5.82. The second-order valence-corrected chi connectivity index (χ2v) is 11.7. The first-order valence-corrected chi connectivity index (χ1v) is 13.7. The first kappa shape index (κ1) is 26.7. The van der Waals surface area contributed by atoms with Crippen LogP contribution in [0.15, 0.2) is 59.8 Å². The summed E-state index contributed by atoms with van der Waals surface area (Å²) in [7, 11) is 0. The number of hydrogen-bond acceptors (Lipinski definition) is 5. The number of halogens is 3. The zero-order valence-corrected chi connectivity index (χ0v) is 23.6. The normalized spacial score (nSPS) is 23.1. The average Bonchev–Trinajstić information content (AvgIpc) is 3.45. The lowest BCUT2D eigenvalue weighted by molar-refractivity contribution is -0.145. The third-order valence-electron chi connectivity index (χ3n) is 7.07. The molecule has 1 unspecified atom stereocenters. The van der Waals surface area contributed by atoms with Crippen molar-refractivity contribution in [3.05, 3.63) is 75.5 Å². The molecule has 1 aromatic carbocycles. The second kappa shape index (κ2) is 10.0. The molecule has 198 valence electrons. The summed E-state index contributed by atoms with van der Waals surface area (Å²) in [5.74, 6) is -0.963. The number of ether oxygens (including phenoxy) is 1. The number of amides is 2. The van der Waals surface area contributed by atoms with Crippen molar-refractivity contribution in [2.45, 2.75) is 43.7 Å². The molecule has 11 heteroatoms. The minimum Gasteiger partial charge on any atom is -0.460 e. The highest BCUT2D eigenvalue weighted by molar-refractivity contribution is 9.11. The van der Waals surface area contributed by atoms with Gasteiger partial charge in [-0.2, -0.15) is 0 Å². The van der Waals surface area contributed by atoms with Crippen LogP contribution in [0.25, 0.3) is 0 Å². The Labute approximate surface area is 238 Å². The summed E-state index contributed by atoms with van der Waals surface area (Å²) in [4.78, 5) is 46.2. The number of carbonyl (C=O) groups is 3. The van der Waals surface area contributed by atoms with E-state index in [4.69, 9.17) is 27.9 Å². The Morgan fingerprint density at radius 1 is 1.29 bits per heavy atom. The molecule has 2 aliphatic carbocycles. The van der Waals surface area contributed by atoms with E-state index in [-0.39, 0.29) is 30.1 Å². The molecule has 0 saturated heterocycles. The number of benzene rings is 1. The molecule has 1 N–H and O–H groups in total. The molecule has 1 fully saturated rings. The van der Waals surface area contributed by atoms with Gasteiger partial charge in [-0.15, -0.1) is 0 Å². The van der Waals surface area contributed by atoms with Crippen LogP contribution in [0.1, 0.15) is 43.1 Å². The smallest absolute Gasteiger partial charge is 0.332 e. The summed E-state index contributed by atoms with van der Waals surface area (Å²) in [6, 6.07) is 4.84. The van der Waals surface area contributed by atoms with Crippen molar-refractivity contribution in [3.8, 4) is 0 Å². The molecular weight excluding hydrogens is 595 g/mol. The van der Waals surface area contributed by atoms with Crippen molar-refractivity contribution in [1.29, 1.82) is 0 Å². The van der Waals surface area contributed by atoms with Crippen LogP contribution in [0, 0.1) is 5.92 Å². The summed E-state index contributed by atoms with van der Waals surface area (Å²) >= 11 is 16.0. The molecule has 0 radical (unpaired) electrons. The van der Waals surface area contributed by atoms with Gasteiger partial charge in [0, 0.05) is 14.5 Å². The van der Waals surface area contributed by atoms with E-state index in [0.717, 1.165) is 10.9 Å². The number of allylic oxidation sites excluding steroid dienone is 4. The molecule has 0 spiro atoms. The maximum absolute atomic E-state index is 14.1. The minimum absolute atomic E-state index is 0.0444. The Morgan fingerprint density at radius 3 is 2.61 bits per heavy atom. The van der Waals surface area contributed by atoms with Crippen LogP contribution < -0.4 is 10.2 Å². The van der Waals surface area contributed by atoms with Gasteiger partial charge in [-0.25, -0.2) is 14.7 Å². The van der Waals surface area contributed by atoms with Gasteiger partial charge < -0.3 is 10.1 Å². The van der Waals surface area contributed by atoms with Gasteiger partial charge in [0.2, 0.25) is 5.95 Å². The van der Waals surface area contributed by atoms with E-state index >= 15 is 0 Å². The highest BCUT2D eigenvalue weighted by Crippen LogP contribution is 2.46. The van der Waals surface area contributed by atoms with Crippen LogP contribution >= 0.6 is 39.1 Å². The standard InChI is InChI=1S/C27H25BrCl2N4O4/c1-3-10-38-24(37)27(8-9-27)32-22(35)21-15-31-25-33(20-12-18(29)11-19(30)13-20)23(36)26(2,34(21)25)14-16-4-6-17(28)7-5-16/h3-4,6-7,11-13,15-16H,1,5,8-10,14H2,2H3,(H,32,35)/t16?,26-/m1/s1. The van der Waals surface area contributed by atoms with Crippen LogP contribution in [0.4, 0.5) is 11.6 Å². The number of aromatic nitrogens is 2. The molecule has 2 aromatic rings. The van der Waals surface area contributed by atoms with E-state index in [2.05, 4.69) is 38.9 Å². The molecule has 2 amide bonds. The molecule has 2 heterocycles. The fraction of sp³-hybridized carbons (Fsp3) is 0.333. The van der Waals surface area contributed by atoms with Gasteiger partial charge in [0.15, 0.2) is 0 Å². The third-order valence-corrected chi connectivity index (χ3v) is 8.09. The monoisotopic (exact) mass is 618 g/mol. The number of rotatable bonds is 8. The van der Waals surface area contributed by atoms with E-state index in [1.165, 1.54) is 17.2 Å². The Balaban J connectivity index is 1.54. The summed E-state index contributed by atoms with van der Waals surface area (Å²) < 4.78 is 7.83. The maximum Gasteiger partial charge on any atom is 0.332 e. The van der Waals surface area contributed by atoms with Crippen molar-refractivity contribution in [1.82, 2.24) is 14.9 Å². The molecular formula is C27H25BrCl2N4O4. The summed E-state index contributed by atoms with van der Waals surface area (Å²) in [5.41, 5.74) is -1.62. The van der Waals surface area contributed by atoms with E-state index < -0.39 is 23.0 Å². The first-order valence-electron chi connectivity index (χ1n) is 12.1. The number of nitrogens with zero attached hydrogens (tertiary/aromatic N) is 3. The first-order chi connectivity index (χ1) is 18.1. The van der Waals surface area contributed by atoms with Gasteiger partial charge in [0.05, 0.1) is 11.9 Å². The zero-order valence-electron chi connectivity index (χ0n) is 20.5. The number of anilines is 2. The molecule has 5 rings (SSSR count). The SMILES string of the molecule is C=CCOC(=O)C1(NC(=O)c2cnc3n2[C@](C)(CC2C=CC(Br)=CC2)C(=O)N3c2cc(Cl)cc(Cl)c2)CC1. The van der Waals surface area contributed by atoms with Crippen molar-refractivity contribution in [2.24, 2.45) is 5.92 Å². The maximum atomic E-state index is 14.1. The van der Waals surface area contributed by atoms with Crippen molar-refractivity contribution in [2.75, 3.05) is 11.5 Å². The van der Waals surface area contributed by atoms with Gasteiger partial charge in [0.1, 0.15) is 23.4 Å². The van der Waals surface area contributed by atoms with Gasteiger partial charge >= 0.3 is 5.97 Å². The summed E-state index contributed by atoms with van der Waals surface area (Å²) in [6.45, 7) is 5.41. The lowest BCUT2D eigenvalue weighted by Crippen LogP contribution is -2.46. The van der Waals surface area contributed by atoms with Crippen LogP contribution in [0.2, 0.25) is 10.0 Å². The number of esters is 1. The Morgan fingerprint density at radius 2 is 2.00 bits per heavy atom. The van der Waals surface area contributed by atoms with E-state index in [1.807, 2.05) is 12.2 Å². The molecule has 1 aliphatic heterocycles. The Kier molecular flexibility index (Phi) is 7.04. The highest BCUT2D eigenvalue weighted by Gasteiger charge is 2.55. The predicted molar refractivity (Wildman–Crippen MR) is 149 cm³/mol. The van der Waals surface area contributed by atoms with Crippen molar-refractivity contribution < 1.29 is 19.1 Å². The number of imidazole rings is 1. The molecule has 3 aliphatic rings. The molecule has 0 bridgehead atoms. The summed E-state index contributed by atoms with van der Waals surface area (Å²) in [5, 5.41) is 3.56. The minimum atomic E-state index is -1.15. The fourth-order valence-electron chi connectivity index (χ4n) is 5.01. The highest BCUT2D eigenvalue weighted by atomic mass is 79.9. The number of nitrogens with one attached hydrogen (secondary N) is 1. The average molecular weight is 620 g/mol. The number of fused-ring (bicyclic) bond motifs is 1.